The fourth-order valence-electron chi connectivity index (χ4n) is 1.60. The number of unbranched alkanes of at least 4 members (excludes halogenated alkanes) is 1. The van der Waals surface area contributed by atoms with E-state index in [-0.39, 0.29) is 11.7 Å². The summed E-state index contributed by atoms with van der Waals surface area (Å²) in [5.74, 6) is 0.842. The van der Waals surface area contributed by atoms with Crippen LogP contribution in [0.1, 0.15) is 36.5 Å². The van der Waals surface area contributed by atoms with Crippen LogP contribution in [0.5, 0.6) is 5.75 Å². The van der Waals surface area contributed by atoms with Gasteiger partial charge in [0, 0.05) is 25.5 Å². The van der Waals surface area contributed by atoms with Gasteiger partial charge in [-0.25, -0.2) is 0 Å². The Balaban J connectivity index is 2.29. The van der Waals surface area contributed by atoms with Crippen LogP contribution in [0.25, 0.3) is 0 Å². The van der Waals surface area contributed by atoms with Crippen LogP contribution in [-0.2, 0) is 4.79 Å². The first kappa shape index (κ1) is 14.2. The summed E-state index contributed by atoms with van der Waals surface area (Å²) in [5, 5.41) is 2.71. The van der Waals surface area contributed by atoms with Crippen molar-refractivity contribution in [1.82, 2.24) is 5.32 Å². The third kappa shape index (κ3) is 4.99. The second-order valence-corrected chi connectivity index (χ2v) is 4.09. The van der Waals surface area contributed by atoms with Gasteiger partial charge >= 0.3 is 0 Å². The van der Waals surface area contributed by atoms with Gasteiger partial charge in [-0.15, -0.1) is 0 Å². The van der Waals surface area contributed by atoms with Gasteiger partial charge in [-0.3, -0.25) is 9.59 Å². The van der Waals surface area contributed by atoms with Crippen molar-refractivity contribution in [2.24, 2.45) is 0 Å². The first-order valence-electron chi connectivity index (χ1n) is 6.05. The molecule has 98 valence electrons. The van der Waals surface area contributed by atoms with Crippen LogP contribution in [0.15, 0.2) is 24.3 Å². The predicted octanol–water partition coefficient (Wildman–Crippen LogP) is 2.18. The van der Waals surface area contributed by atoms with Crippen molar-refractivity contribution in [2.45, 2.75) is 26.2 Å². The van der Waals surface area contributed by atoms with Gasteiger partial charge in [-0.2, -0.15) is 0 Å². The van der Waals surface area contributed by atoms with Crippen LogP contribution in [0, 0.1) is 0 Å². The number of methoxy groups -OCH3 is 1. The zero-order chi connectivity index (χ0) is 13.4. The van der Waals surface area contributed by atoms with Crippen LogP contribution >= 0.6 is 0 Å². The van der Waals surface area contributed by atoms with Crippen molar-refractivity contribution in [3.8, 4) is 5.75 Å². The zero-order valence-electron chi connectivity index (χ0n) is 10.9. The molecule has 1 N–H and O–H groups in total. The first-order chi connectivity index (χ1) is 8.63. The number of ketones is 1. The fourth-order valence-corrected chi connectivity index (χ4v) is 1.60. The molecular formula is C14H19NO3. The van der Waals surface area contributed by atoms with Crippen LogP contribution in [0.3, 0.4) is 0 Å². The lowest BCUT2D eigenvalue weighted by Gasteiger charge is -2.04. The largest absolute Gasteiger partial charge is 0.497 e. The summed E-state index contributed by atoms with van der Waals surface area (Å²) in [6.45, 7) is 2.12. The van der Waals surface area contributed by atoms with Gasteiger partial charge in [-0.05, 0) is 37.1 Å². The van der Waals surface area contributed by atoms with E-state index in [0.29, 0.717) is 18.5 Å². The van der Waals surface area contributed by atoms with E-state index in [1.165, 1.54) is 6.92 Å². The molecule has 1 rings (SSSR count). The number of Topliss-reactive ketones (excluding diaryl/α,β-unsaturated/α-hetero) is 1. The summed E-state index contributed by atoms with van der Waals surface area (Å²) in [6, 6.07) is 7.11. The Morgan fingerprint density at radius 1 is 1.17 bits per heavy atom. The van der Waals surface area contributed by atoms with Crippen LogP contribution in [0.2, 0.25) is 0 Å². The fraction of sp³-hybridized carbons (Fsp3) is 0.429. The number of benzene rings is 1. The lowest BCUT2D eigenvalue weighted by molar-refractivity contribution is -0.118. The van der Waals surface area contributed by atoms with E-state index in [4.69, 9.17) is 4.74 Å². The third-order valence-electron chi connectivity index (χ3n) is 2.62. The van der Waals surface area contributed by atoms with Crippen molar-refractivity contribution in [3.63, 3.8) is 0 Å². The average molecular weight is 249 g/mol. The number of ether oxygens (including phenoxy) is 1. The first-order valence-corrected chi connectivity index (χ1v) is 6.05. The molecule has 4 nitrogen and oxygen atoms in total. The summed E-state index contributed by atoms with van der Waals surface area (Å²) in [7, 11) is 1.60. The summed E-state index contributed by atoms with van der Waals surface area (Å²) in [6.07, 6.45) is 2.11. The quantitative estimate of drug-likeness (QED) is 0.595. The third-order valence-corrected chi connectivity index (χ3v) is 2.62. The highest BCUT2D eigenvalue weighted by molar-refractivity contribution is 5.96. The van der Waals surface area contributed by atoms with E-state index in [9.17, 15) is 9.59 Å². The maximum Gasteiger partial charge on any atom is 0.216 e. The lowest BCUT2D eigenvalue weighted by atomic mass is 10.1. The summed E-state index contributed by atoms with van der Waals surface area (Å²) >= 11 is 0. The molecule has 0 aliphatic heterocycles. The molecule has 4 heteroatoms. The molecule has 0 radical (unpaired) electrons. The van der Waals surface area contributed by atoms with Gasteiger partial charge in [0.2, 0.25) is 5.91 Å². The molecule has 1 amide bonds. The van der Waals surface area contributed by atoms with Gasteiger partial charge in [-0.1, -0.05) is 0 Å². The van der Waals surface area contributed by atoms with Crippen molar-refractivity contribution < 1.29 is 14.3 Å². The van der Waals surface area contributed by atoms with Gasteiger partial charge < -0.3 is 10.1 Å². The number of hydrogen-bond donors (Lipinski definition) is 1. The summed E-state index contributed by atoms with van der Waals surface area (Å²) < 4.78 is 5.03. The standard InChI is InChI=1S/C14H19NO3/c1-11(16)15-10-4-3-5-14(17)12-6-8-13(18-2)9-7-12/h6-9H,3-5,10H2,1-2H3,(H,15,16). The Bertz CT molecular complexity index is 398. The predicted molar refractivity (Wildman–Crippen MR) is 69.9 cm³/mol. The van der Waals surface area contributed by atoms with Crippen LogP contribution in [-0.4, -0.2) is 25.3 Å². The maximum absolute atomic E-state index is 11.8. The summed E-state index contributed by atoms with van der Waals surface area (Å²) in [5.41, 5.74) is 0.704. The molecule has 0 aliphatic rings. The molecule has 18 heavy (non-hydrogen) atoms. The number of rotatable bonds is 7. The molecule has 0 fully saturated rings. The van der Waals surface area contributed by atoms with Crippen molar-refractivity contribution >= 4 is 11.7 Å². The molecule has 0 aromatic heterocycles. The van der Waals surface area contributed by atoms with E-state index in [1.54, 1.807) is 31.4 Å². The number of nitrogens with one attached hydrogen (secondary N) is 1. The minimum atomic E-state index is -0.0310. The van der Waals surface area contributed by atoms with Crippen LogP contribution < -0.4 is 10.1 Å². The molecule has 0 aliphatic carbocycles. The monoisotopic (exact) mass is 249 g/mol. The Kier molecular flexibility index (Phi) is 5.91. The molecule has 0 unspecified atom stereocenters. The van der Waals surface area contributed by atoms with E-state index in [2.05, 4.69) is 5.32 Å². The van der Waals surface area contributed by atoms with Gasteiger partial charge in [0.25, 0.3) is 0 Å². The molecule has 0 atom stereocenters. The Hall–Kier alpha value is -1.84. The van der Waals surface area contributed by atoms with E-state index in [0.717, 1.165) is 18.6 Å². The molecule has 0 heterocycles. The number of carbonyl (C=O) groups excluding carboxylic acids is 2. The Morgan fingerprint density at radius 3 is 2.39 bits per heavy atom. The molecule has 0 saturated heterocycles. The van der Waals surface area contributed by atoms with E-state index >= 15 is 0 Å². The molecule has 0 bridgehead atoms. The zero-order valence-corrected chi connectivity index (χ0v) is 10.9. The molecular weight excluding hydrogens is 230 g/mol. The normalized spacial score (nSPS) is 9.89. The van der Waals surface area contributed by atoms with Crippen molar-refractivity contribution in [3.05, 3.63) is 29.8 Å². The van der Waals surface area contributed by atoms with Gasteiger partial charge in [0.15, 0.2) is 5.78 Å². The average Bonchev–Trinajstić information content (AvgIpc) is 2.38. The Labute approximate surface area is 107 Å². The highest BCUT2D eigenvalue weighted by atomic mass is 16.5. The topological polar surface area (TPSA) is 55.4 Å². The second kappa shape index (κ2) is 7.48. The minimum Gasteiger partial charge on any atom is -0.497 e. The van der Waals surface area contributed by atoms with Crippen LogP contribution in [0.4, 0.5) is 0 Å². The highest BCUT2D eigenvalue weighted by Gasteiger charge is 2.05. The summed E-state index contributed by atoms with van der Waals surface area (Å²) in [4.78, 5) is 22.4. The molecule has 0 spiro atoms. The SMILES string of the molecule is COc1ccc(C(=O)CCCCNC(C)=O)cc1. The van der Waals surface area contributed by atoms with Crippen molar-refractivity contribution in [1.29, 1.82) is 0 Å². The number of amides is 1. The molecule has 1 aromatic rings. The Morgan fingerprint density at radius 2 is 1.83 bits per heavy atom. The number of hydrogen-bond acceptors (Lipinski definition) is 3. The lowest BCUT2D eigenvalue weighted by Crippen LogP contribution is -2.20. The smallest absolute Gasteiger partial charge is 0.216 e. The van der Waals surface area contributed by atoms with E-state index < -0.39 is 0 Å². The van der Waals surface area contributed by atoms with Gasteiger partial charge in [0.1, 0.15) is 5.75 Å². The highest BCUT2D eigenvalue weighted by Crippen LogP contribution is 2.13. The minimum absolute atomic E-state index is 0.0310. The maximum atomic E-state index is 11.8. The second-order valence-electron chi connectivity index (χ2n) is 4.09. The number of carbonyl (C=O) groups is 2. The molecule has 0 saturated carbocycles. The molecule has 1 aromatic carbocycles. The van der Waals surface area contributed by atoms with Crippen molar-refractivity contribution in [2.75, 3.05) is 13.7 Å². The van der Waals surface area contributed by atoms with Gasteiger partial charge in [0.05, 0.1) is 7.11 Å². The van der Waals surface area contributed by atoms with E-state index in [1.807, 2.05) is 0 Å².